The highest BCUT2D eigenvalue weighted by Gasteiger charge is 2.18. The second-order valence-electron chi connectivity index (χ2n) is 2.74. The van der Waals surface area contributed by atoms with Crippen molar-refractivity contribution in [2.45, 2.75) is 12.1 Å². The van der Waals surface area contributed by atoms with Crippen LogP contribution in [-0.2, 0) is 4.74 Å². The van der Waals surface area contributed by atoms with Crippen molar-refractivity contribution in [2.75, 3.05) is 20.3 Å². The van der Waals surface area contributed by atoms with E-state index < -0.39 is 0 Å². The number of aliphatic hydroxyl groups excluding tert-OH is 1. The van der Waals surface area contributed by atoms with Crippen LogP contribution in [0.1, 0.15) is 6.04 Å². The summed E-state index contributed by atoms with van der Waals surface area (Å²) in [5.41, 5.74) is 5.76. The normalized spacial score (nSPS) is 15.6. The third kappa shape index (κ3) is 2.48. The molecule has 3 N–H and O–H groups in total. The summed E-state index contributed by atoms with van der Waals surface area (Å²) in [6.45, 7) is 0.305. The minimum absolute atomic E-state index is 0.0755. The van der Waals surface area contributed by atoms with Crippen molar-refractivity contribution in [3.05, 3.63) is 12.7 Å². The van der Waals surface area contributed by atoms with Crippen molar-refractivity contribution in [3.63, 3.8) is 0 Å². The van der Waals surface area contributed by atoms with Crippen molar-refractivity contribution in [2.24, 2.45) is 5.73 Å². The Balaban J connectivity index is 2.62. The van der Waals surface area contributed by atoms with Crippen molar-refractivity contribution in [1.29, 1.82) is 0 Å². The highest BCUT2D eigenvalue weighted by atomic mass is 16.5. The lowest BCUT2D eigenvalue weighted by Crippen LogP contribution is -2.38. The monoisotopic (exact) mass is 186 g/mol. The molecule has 0 fully saturated rings. The molecule has 0 aliphatic rings. The molecule has 2 unspecified atom stereocenters. The Morgan fingerprint density at radius 2 is 2.46 bits per heavy atom. The predicted molar refractivity (Wildman–Crippen MR) is 46.0 cm³/mol. The van der Waals surface area contributed by atoms with E-state index in [-0.39, 0.29) is 18.7 Å². The fourth-order valence-electron chi connectivity index (χ4n) is 1.11. The van der Waals surface area contributed by atoms with E-state index in [9.17, 15) is 0 Å². The Morgan fingerprint density at radius 1 is 1.69 bits per heavy atom. The zero-order chi connectivity index (χ0) is 9.68. The maximum atomic E-state index is 9.07. The van der Waals surface area contributed by atoms with Gasteiger partial charge in [0.05, 0.1) is 25.3 Å². The third-order valence-electron chi connectivity index (χ3n) is 1.82. The summed E-state index contributed by atoms with van der Waals surface area (Å²) in [4.78, 5) is 3.78. The molecule has 0 amide bonds. The molecule has 1 aromatic heterocycles. The first-order valence-corrected chi connectivity index (χ1v) is 3.99. The van der Waals surface area contributed by atoms with Crippen LogP contribution in [0.15, 0.2) is 12.7 Å². The van der Waals surface area contributed by atoms with E-state index in [1.54, 1.807) is 7.11 Å². The van der Waals surface area contributed by atoms with Crippen LogP contribution in [-0.4, -0.2) is 46.2 Å². The number of hydrogen-bond acceptors (Lipinski definition) is 5. The lowest BCUT2D eigenvalue weighted by atomic mass is 10.1. The largest absolute Gasteiger partial charge is 0.394 e. The summed E-state index contributed by atoms with van der Waals surface area (Å²) < 4.78 is 6.42. The number of nitrogens with two attached hydrogens (primary N) is 1. The van der Waals surface area contributed by atoms with Crippen LogP contribution < -0.4 is 5.73 Å². The van der Waals surface area contributed by atoms with E-state index in [0.29, 0.717) is 6.61 Å². The van der Waals surface area contributed by atoms with Crippen LogP contribution >= 0.6 is 0 Å². The maximum Gasteiger partial charge on any atom is 0.137 e. The van der Waals surface area contributed by atoms with Crippen molar-refractivity contribution < 1.29 is 9.84 Å². The second kappa shape index (κ2) is 4.90. The molecular weight excluding hydrogens is 172 g/mol. The van der Waals surface area contributed by atoms with Gasteiger partial charge in [-0.2, -0.15) is 5.10 Å². The highest BCUT2D eigenvalue weighted by molar-refractivity contribution is 4.77. The van der Waals surface area contributed by atoms with Gasteiger partial charge in [-0.15, -0.1) is 0 Å². The fraction of sp³-hybridized carbons (Fsp3) is 0.714. The molecule has 0 aromatic carbocycles. The number of aromatic nitrogens is 3. The quantitative estimate of drug-likeness (QED) is 0.602. The molecule has 0 saturated heterocycles. The number of rotatable bonds is 5. The second-order valence-corrected chi connectivity index (χ2v) is 2.74. The van der Waals surface area contributed by atoms with E-state index in [2.05, 4.69) is 10.1 Å². The molecule has 1 heterocycles. The lowest BCUT2D eigenvalue weighted by Gasteiger charge is -2.20. The number of methoxy groups -OCH3 is 1. The Labute approximate surface area is 76.3 Å². The van der Waals surface area contributed by atoms with E-state index in [4.69, 9.17) is 15.6 Å². The van der Waals surface area contributed by atoms with Gasteiger partial charge in [-0.1, -0.05) is 0 Å². The van der Waals surface area contributed by atoms with Crippen LogP contribution in [0.25, 0.3) is 0 Å². The average molecular weight is 186 g/mol. The summed E-state index contributed by atoms with van der Waals surface area (Å²) in [5.74, 6) is 0. The van der Waals surface area contributed by atoms with Crippen LogP contribution in [0.3, 0.4) is 0 Å². The van der Waals surface area contributed by atoms with Crippen LogP contribution in [0.5, 0.6) is 0 Å². The summed E-state index contributed by atoms with van der Waals surface area (Å²) in [6, 6.07) is -0.556. The van der Waals surface area contributed by atoms with E-state index in [1.807, 2.05) is 0 Å². The summed E-state index contributed by atoms with van der Waals surface area (Å²) in [6.07, 6.45) is 2.93. The minimum atomic E-state index is -0.281. The zero-order valence-electron chi connectivity index (χ0n) is 7.50. The molecule has 0 spiro atoms. The Morgan fingerprint density at radius 3 is 2.92 bits per heavy atom. The molecule has 0 radical (unpaired) electrons. The maximum absolute atomic E-state index is 9.07. The smallest absolute Gasteiger partial charge is 0.137 e. The van der Waals surface area contributed by atoms with Crippen molar-refractivity contribution in [3.8, 4) is 0 Å². The zero-order valence-corrected chi connectivity index (χ0v) is 7.50. The highest BCUT2D eigenvalue weighted by Crippen LogP contribution is 2.06. The van der Waals surface area contributed by atoms with E-state index >= 15 is 0 Å². The third-order valence-corrected chi connectivity index (χ3v) is 1.82. The van der Waals surface area contributed by atoms with Crippen LogP contribution in [0.4, 0.5) is 0 Å². The van der Waals surface area contributed by atoms with Crippen LogP contribution in [0, 0.1) is 0 Å². The van der Waals surface area contributed by atoms with E-state index in [1.165, 1.54) is 17.3 Å². The van der Waals surface area contributed by atoms with Gasteiger partial charge in [0, 0.05) is 7.11 Å². The summed E-state index contributed by atoms with van der Waals surface area (Å²) in [5, 5.41) is 13.0. The Kier molecular flexibility index (Phi) is 3.81. The van der Waals surface area contributed by atoms with Gasteiger partial charge in [0.2, 0.25) is 0 Å². The fourth-order valence-corrected chi connectivity index (χ4v) is 1.11. The minimum Gasteiger partial charge on any atom is -0.394 e. The van der Waals surface area contributed by atoms with Gasteiger partial charge < -0.3 is 15.6 Å². The SMILES string of the molecule is COCC(N)C(CO)n1cncn1. The molecule has 0 aliphatic carbocycles. The molecular formula is C7H14N4O2. The molecule has 74 valence electrons. The molecule has 1 aromatic rings. The number of hydrogen-bond donors (Lipinski definition) is 2. The predicted octanol–water partition coefficient (Wildman–Crippen LogP) is -1.21. The standard InChI is InChI=1S/C7H14N4O2/c1-13-3-6(8)7(2-12)11-5-9-4-10-11/h4-7,12H,2-3,8H2,1H3. The lowest BCUT2D eigenvalue weighted by molar-refractivity contribution is 0.124. The number of aliphatic hydroxyl groups is 1. The van der Waals surface area contributed by atoms with Gasteiger partial charge in [-0.25, -0.2) is 9.67 Å². The molecule has 6 heteroatoms. The summed E-state index contributed by atoms with van der Waals surface area (Å²) >= 11 is 0. The van der Waals surface area contributed by atoms with Gasteiger partial charge in [-0.05, 0) is 0 Å². The number of nitrogens with zero attached hydrogens (tertiary/aromatic N) is 3. The first-order chi connectivity index (χ1) is 6.29. The van der Waals surface area contributed by atoms with Gasteiger partial charge >= 0.3 is 0 Å². The van der Waals surface area contributed by atoms with Crippen molar-refractivity contribution in [1.82, 2.24) is 14.8 Å². The van der Waals surface area contributed by atoms with Gasteiger partial charge in [0.15, 0.2) is 0 Å². The molecule has 0 aliphatic heterocycles. The first-order valence-electron chi connectivity index (χ1n) is 3.99. The molecule has 0 bridgehead atoms. The Hall–Kier alpha value is -0.980. The van der Waals surface area contributed by atoms with Crippen molar-refractivity contribution >= 4 is 0 Å². The van der Waals surface area contributed by atoms with E-state index in [0.717, 1.165) is 0 Å². The molecule has 0 saturated carbocycles. The molecule has 2 atom stereocenters. The van der Waals surface area contributed by atoms with Gasteiger partial charge in [0.1, 0.15) is 12.7 Å². The molecule has 1 rings (SSSR count). The Bertz CT molecular complexity index is 226. The van der Waals surface area contributed by atoms with Gasteiger partial charge in [0.25, 0.3) is 0 Å². The average Bonchev–Trinajstić information content (AvgIpc) is 2.59. The summed E-state index contributed by atoms with van der Waals surface area (Å²) in [7, 11) is 1.57. The van der Waals surface area contributed by atoms with Crippen LogP contribution in [0.2, 0.25) is 0 Å². The number of ether oxygens (including phenoxy) is 1. The molecule has 13 heavy (non-hydrogen) atoms. The molecule has 6 nitrogen and oxygen atoms in total. The first kappa shape index (κ1) is 10.1. The van der Waals surface area contributed by atoms with Gasteiger partial charge in [-0.3, -0.25) is 0 Å². The topological polar surface area (TPSA) is 86.2 Å².